The van der Waals surface area contributed by atoms with Crippen LogP contribution >= 0.6 is 27.5 Å². The maximum Gasteiger partial charge on any atom is 0.337 e. The molecule has 0 atom stereocenters. The Morgan fingerprint density at radius 1 is 1.05 bits per heavy atom. The van der Waals surface area contributed by atoms with Crippen molar-refractivity contribution in [3.8, 4) is 11.5 Å². The monoisotopic (exact) mass is 655 g/mol. The van der Waals surface area contributed by atoms with E-state index < -0.39 is 29.7 Å². The van der Waals surface area contributed by atoms with Crippen LogP contribution in [0.3, 0.4) is 0 Å². The number of nitrogens with one attached hydrogen (secondary N) is 2. The minimum atomic E-state index is -0.942. The lowest BCUT2D eigenvalue weighted by molar-refractivity contribution is -0.122. The molecule has 1 aliphatic heterocycles. The average molecular weight is 657 g/mol. The van der Waals surface area contributed by atoms with Crippen LogP contribution in [0.1, 0.15) is 22.8 Å². The minimum Gasteiger partial charge on any atom is -0.490 e. The van der Waals surface area contributed by atoms with Crippen LogP contribution in [0.15, 0.2) is 70.7 Å². The number of ether oxygens (including phenoxy) is 3. The van der Waals surface area contributed by atoms with Crippen molar-refractivity contribution >= 4 is 74.7 Å². The number of urea groups is 1. The highest BCUT2D eigenvalue weighted by Crippen LogP contribution is 2.38. The summed E-state index contributed by atoms with van der Waals surface area (Å²) in [6.45, 7) is 1.63. The number of esters is 1. The minimum absolute atomic E-state index is 0.138. The number of imide groups is 2. The number of nitrogens with zero attached hydrogens (tertiary/aromatic N) is 1. The van der Waals surface area contributed by atoms with Crippen LogP contribution in [0.25, 0.3) is 6.08 Å². The van der Waals surface area contributed by atoms with Crippen LogP contribution < -0.4 is 25.0 Å². The van der Waals surface area contributed by atoms with E-state index in [-0.39, 0.29) is 41.5 Å². The van der Waals surface area contributed by atoms with Gasteiger partial charge in [-0.25, -0.2) is 14.5 Å². The van der Waals surface area contributed by atoms with E-state index >= 15 is 0 Å². The van der Waals surface area contributed by atoms with E-state index in [2.05, 4.69) is 31.3 Å². The third kappa shape index (κ3) is 6.78. The smallest absolute Gasteiger partial charge is 0.337 e. The molecule has 0 radical (unpaired) electrons. The van der Waals surface area contributed by atoms with Crippen molar-refractivity contribution in [2.24, 2.45) is 0 Å². The summed E-state index contributed by atoms with van der Waals surface area (Å²) < 4.78 is 16.5. The molecule has 0 aromatic heterocycles. The molecule has 3 aromatic rings. The van der Waals surface area contributed by atoms with Gasteiger partial charge in [0.1, 0.15) is 5.57 Å². The fraction of sp³-hybridized carbons (Fsp3) is 0.138. The van der Waals surface area contributed by atoms with E-state index in [9.17, 15) is 24.0 Å². The predicted molar refractivity (Wildman–Crippen MR) is 158 cm³/mol. The number of para-hydroxylation sites is 1. The summed E-state index contributed by atoms with van der Waals surface area (Å²) in [4.78, 5) is 63.5. The Kier molecular flexibility index (Phi) is 9.60. The third-order valence-electron chi connectivity index (χ3n) is 5.79. The summed E-state index contributed by atoms with van der Waals surface area (Å²) in [5.74, 6) is -2.36. The number of carbonyl (C=O) groups is 5. The van der Waals surface area contributed by atoms with E-state index in [1.165, 1.54) is 43.5 Å². The first-order valence-corrected chi connectivity index (χ1v) is 13.5. The Bertz CT molecular complexity index is 1610. The van der Waals surface area contributed by atoms with Gasteiger partial charge in [0, 0.05) is 0 Å². The molecule has 1 aliphatic rings. The van der Waals surface area contributed by atoms with Crippen LogP contribution in [-0.2, 0) is 19.1 Å². The molecule has 0 aliphatic carbocycles. The first kappa shape index (κ1) is 30.3. The average Bonchev–Trinajstić information content (AvgIpc) is 2.96. The van der Waals surface area contributed by atoms with E-state index in [0.717, 1.165) is 4.90 Å². The van der Waals surface area contributed by atoms with Crippen molar-refractivity contribution in [2.75, 3.05) is 30.5 Å². The van der Waals surface area contributed by atoms with Crippen molar-refractivity contribution in [3.05, 3.63) is 86.9 Å². The zero-order chi connectivity index (χ0) is 30.4. The molecule has 4 rings (SSSR count). The molecule has 1 fully saturated rings. The first-order chi connectivity index (χ1) is 20.1. The predicted octanol–water partition coefficient (Wildman–Crippen LogP) is 4.97. The number of methoxy groups -OCH3 is 1. The molecule has 42 heavy (non-hydrogen) atoms. The quantitative estimate of drug-likeness (QED) is 0.187. The van der Waals surface area contributed by atoms with Gasteiger partial charge < -0.3 is 19.5 Å². The van der Waals surface area contributed by atoms with E-state index in [4.69, 9.17) is 21.1 Å². The van der Waals surface area contributed by atoms with Gasteiger partial charge in [-0.2, -0.15) is 0 Å². The number of halogens is 2. The zero-order valence-electron chi connectivity index (χ0n) is 22.2. The maximum atomic E-state index is 13.3. The molecule has 0 saturated carbocycles. The summed E-state index contributed by atoms with van der Waals surface area (Å²) in [6, 6.07) is 14.4. The second kappa shape index (κ2) is 13.3. The molecule has 5 amide bonds. The van der Waals surface area contributed by atoms with E-state index in [0.29, 0.717) is 20.7 Å². The van der Waals surface area contributed by atoms with Crippen molar-refractivity contribution < 1.29 is 38.2 Å². The molecule has 1 saturated heterocycles. The van der Waals surface area contributed by atoms with Crippen LogP contribution in [0.2, 0.25) is 5.02 Å². The fourth-order valence-corrected chi connectivity index (χ4v) is 4.64. The molecule has 11 nitrogen and oxygen atoms in total. The number of carbonyl (C=O) groups excluding carboxylic acids is 5. The molecular formula is C29H23BrClN3O8. The molecule has 216 valence electrons. The first-order valence-electron chi connectivity index (χ1n) is 12.4. The normalized spacial score (nSPS) is 14.0. The van der Waals surface area contributed by atoms with Gasteiger partial charge in [0.15, 0.2) is 18.1 Å². The molecule has 13 heteroatoms. The summed E-state index contributed by atoms with van der Waals surface area (Å²) in [6.07, 6.45) is 1.29. The summed E-state index contributed by atoms with van der Waals surface area (Å²) in [7, 11) is 1.23. The Balaban J connectivity index is 1.58. The van der Waals surface area contributed by atoms with Gasteiger partial charge in [0.25, 0.3) is 17.7 Å². The highest BCUT2D eigenvalue weighted by Gasteiger charge is 2.37. The number of hydrogen-bond acceptors (Lipinski definition) is 8. The second-order valence-corrected chi connectivity index (χ2v) is 9.84. The number of hydrogen-bond donors (Lipinski definition) is 2. The molecule has 1 heterocycles. The molecular weight excluding hydrogens is 634 g/mol. The van der Waals surface area contributed by atoms with Gasteiger partial charge in [-0.15, -0.1) is 0 Å². The number of benzene rings is 3. The van der Waals surface area contributed by atoms with Crippen LogP contribution in [-0.4, -0.2) is 50.0 Å². The lowest BCUT2D eigenvalue weighted by Crippen LogP contribution is -2.54. The topological polar surface area (TPSA) is 140 Å². The van der Waals surface area contributed by atoms with Gasteiger partial charge in [0.2, 0.25) is 0 Å². The van der Waals surface area contributed by atoms with Gasteiger partial charge in [-0.1, -0.05) is 23.7 Å². The van der Waals surface area contributed by atoms with Crippen molar-refractivity contribution in [1.29, 1.82) is 0 Å². The molecule has 0 spiro atoms. The van der Waals surface area contributed by atoms with Gasteiger partial charge in [0.05, 0.1) is 40.2 Å². The van der Waals surface area contributed by atoms with Crippen LogP contribution in [0.5, 0.6) is 11.5 Å². The Labute approximate surface area is 253 Å². The van der Waals surface area contributed by atoms with Crippen molar-refractivity contribution in [3.63, 3.8) is 0 Å². The summed E-state index contributed by atoms with van der Waals surface area (Å²) in [5.41, 5.74) is 0.829. The number of amides is 5. The zero-order valence-corrected chi connectivity index (χ0v) is 24.6. The van der Waals surface area contributed by atoms with Crippen molar-refractivity contribution in [2.45, 2.75) is 6.92 Å². The summed E-state index contributed by atoms with van der Waals surface area (Å²) >= 11 is 9.49. The second-order valence-electron chi connectivity index (χ2n) is 8.58. The van der Waals surface area contributed by atoms with Crippen molar-refractivity contribution in [1.82, 2.24) is 5.32 Å². The van der Waals surface area contributed by atoms with Gasteiger partial charge in [-0.3, -0.25) is 19.7 Å². The third-order valence-corrected chi connectivity index (χ3v) is 6.71. The standard InChI is InChI=1S/C29H23BrClN3O8/c1-3-41-23-14-16(13-20(30)25(23)42-15-24(35)32-22-7-5-4-6-21(22)31)12-19-26(36)33-29(39)34(27(19)37)18-10-8-17(9-11-18)28(38)40-2/h4-14H,3,15H2,1-2H3,(H,32,35)(H,33,36,39)/b19-12-. The largest absolute Gasteiger partial charge is 0.490 e. The molecule has 0 unspecified atom stereocenters. The number of anilines is 2. The highest BCUT2D eigenvalue weighted by molar-refractivity contribution is 9.10. The number of barbiturate groups is 1. The lowest BCUT2D eigenvalue weighted by Gasteiger charge is -2.26. The molecule has 3 aromatic carbocycles. The lowest BCUT2D eigenvalue weighted by atomic mass is 10.1. The molecule has 2 N–H and O–H groups in total. The van der Waals surface area contributed by atoms with Gasteiger partial charge in [-0.05, 0) is 83.0 Å². The maximum absolute atomic E-state index is 13.3. The van der Waals surface area contributed by atoms with E-state index in [1.807, 2.05) is 0 Å². The fourth-order valence-electron chi connectivity index (χ4n) is 3.88. The van der Waals surface area contributed by atoms with E-state index in [1.54, 1.807) is 37.3 Å². The summed E-state index contributed by atoms with van der Waals surface area (Å²) in [5, 5.41) is 5.18. The molecule has 0 bridgehead atoms. The van der Waals surface area contributed by atoms with Crippen LogP contribution in [0, 0.1) is 0 Å². The van der Waals surface area contributed by atoms with Crippen LogP contribution in [0.4, 0.5) is 16.2 Å². The van der Waals surface area contributed by atoms with Gasteiger partial charge >= 0.3 is 12.0 Å². The highest BCUT2D eigenvalue weighted by atomic mass is 79.9. The Hall–Kier alpha value is -4.68. The Morgan fingerprint density at radius 3 is 2.43 bits per heavy atom. The Morgan fingerprint density at radius 2 is 1.76 bits per heavy atom. The SMILES string of the molecule is CCOc1cc(/C=C2/C(=O)NC(=O)N(c3ccc(C(=O)OC)cc3)C2=O)cc(Br)c1OCC(=O)Nc1ccccc1Cl. The number of rotatable bonds is 9.